The molecule has 0 atom stereocenters. The molecule has 1 amide bonds. The monoisotopic (exact) mass is 587 g/mol. The van der Waals surface area contributed by atoms with E-state index in [0.717, 1.165) is 11.8 Å². The highest BCUT2D eigenvalue weighted by molar-refractivity contribution is 7.88. The van der Waals surface area contributed by atoms with Gasteiger partial charge in [-0.1, -0.05) is 6.07 Å². The zero-order chi connectivity index (χ0) is 30.2. The van der Waals surface area contributed by atoms with E-state index in [4.69, 9.17) is 14.2 Å². The van der Waals surface area contributed by atoms with Crippen molar-refractivity contribution in [3.05, 3.63) is 81.9 Å². The molecule has 0 heterocycles. The van der Waals surface area contributed by atoms with Crippen LogP contribution in [0, 0.1) is 10.1 Å². The molecule has 0 unspecified atom stereocenters. The Labute approximate surface area is 238 Å². The van der Waals surface area contributed by atoms with Crippen molar-refractivity contribution in [2.45, 2.75) is 12.8 Å². The van der Waals surface area contributed by atoms with Crippen molar-refractivity contribution in [2.24, 2.45) is 0 Å². The molecule has 0 saturated carbocycles. The van der Waals surface area contributed by atoms with Crippen LogP contribution in [0.1, 0.15) is 22.3 Å². The van der Waals surface area contributed by atoms with Crippen molar-refractivity contribution in [2.75, 3.05) is 52.1 Å². The van der Waals surface area contributed by atoms with Crippen LogP contribution in [0.15, 0.2) is 60.7 Å². The standard InChI is InChI=1S/C28H33N3O9S/c1-38-25-13-6-20(18-27(25)40-3)14-17-29(41(4,36)37)15-5-16-30(23-11-12-24(32)26(19-23)39-2)28(33)21-7-9-22(10-8-21)31(34)35/h6-13,18-19,32H,5,14-17H2,1-4H3. The molecule has 0 aromatic heterocycles. The van der Waals surface area contributed by atoms with Gasteiger partial charge in [0.2, 0.25) is 10.0 Å². The van der Waals surface area contributed by atoms with Gasteiger partial charge in [-0.3, -0.25) is 14.9 Å². The Morgan fingerprint density at radius 2 is 1.54 bits per heavy atom. The maximum Gasteiger partial charge on any atom is 0.269 e. The molecule has 0 spiro atoms. The van der Waals surface area contributed by atoms with Crippen molar-refractivity contribution in [1.29, 1.82) is 0 Å². The maximum absolute atomic E-state index is 13.5. The SMILES string of the molecule is COc1cc(N(CCCN(CCc2ccc(OC)c(OC)c2)S(C)(=O)=O)C(=O)c2ccc([N+](=O)[O-])cc2)ccc1O. The van der Waals surface area contributed by atoms with Gasteiger partial charge in [0.15, 0.2) is 23.0 Å². The van der Waals surface area contributed by atoms with E-state index >= 15 is 0 Å². The number of phenols is 1. The maximum atomic E-state index is 13.5. The lowest BCUT2D eigenvalue weighted by Gasteiger charge is -2.26. The summed E-state index contributed by atoms with van der Waals surface area (Å²) in [4.78, 5) is 25.4. The fourth-order valence-corrected chi connectivity index (χ4v) is 5.09. The Morgan fingerprint density at radius 1 is 0.878 bits per heavy atom. The van der Waals surface area contributed by atoms with E-state index in [9.17, 15) is 28.4 Å². The molecule has 41 heavy (non-hydrogen) atoms. The second-order valence-corrected chi connectivity index (χ2v) is 11.1. The molecule has 3 rings (SSSR count). The number of nitro benzene ring substituents is 1. The minimum Gasteiger partial charge on any atom is -0.504 e. The third-order valence-corrected chi connectivity index (χ3v) is 7.70. The summed E-state index contributed by atoms with van der Waals surface area (Å²) in [5, 5.41) is 21.1. The van der Waals surface area contributed by atoms with E-state index in [1.165, 1.54) is 73.0 Å². The number of phenolic OH excluding ortho intramolecular Hbond substituents is 1. The predicted molar refractivity (Wildman–Crippen MR) is 154 cm³/mol. The largest absolute Gasteiger partial charge is 0.504 e. The first-order valence-electron chi connectivity index (χ1n) is 12.6. The van der Waals surface area contributed by atoms with Crippen molar-refractivity contribution in [3.63, 3.8) is 0 Å². The zero-order valence-corrected chi connectivity index (χ0v) is 24.1. The fourth-order valence-electron chi connectivity index (χ4n) is 4.20. The Balaban J connectivity index is 1.80. The highest BCUT2D eigenvalue weighted by Gasteiger charge is 2.22. The number of rotatable bonds is 14. The summed E-state index contributed by atoms with van der Waals surface area (Å²) in [7, 11) is 0.868. The number of amides is 1. The Morgan fingerprint density at radius 3 is 2.12 bits per heavy atom. The average molecular weight is 588 g/mol. The number of ether oxygens (including phenoxy) is 3. The number of nitrogens with zero attached hydrogens (tertiary/aromatic N) is 3. The molecule has 0 aliphatic rings. The third-order valence-electron chi connectivity index (χ3n) is 6.40. The van der Waals surface area contributed by atoms with Gasteiger partial charge in [0.05, 0.1) is 32.5 Å². The normalized spacial score (nSPS) is 11.2. The van der Waals surface area contributed by atoms with E-state index < -0.39 is 20.9 Å². The first kappa shape index (κ1) is 31.2. The lowest BCUT2D eigenvalue weighted by Crippen LogP contribution is -2.37. The summed E-state index contributed by atoms with van der Waals surface area (Å²) in [5.41, 5.74) is 1.32. The second kappa shape index (κ2) is 13.8. The molecule has 3 aromatic rings. The van der Waals surface area contributed by atoms with Gasteiger partial charge in [0.1, 0.15) is 0 Å². The van der Waals surface area contributed by atoms with E-state index in [2.05, 4.69) is 0 Å². The lowest BCUT2D eigenvalue weighted by atomic mass is 10.1. The number of carbonyl (C=O) groups excluding carboxylic acids is 1. The summed E-state index contributed by atoms with van der Waals surface area (Å²) in [6.07, 6.45) is 1.83. The van der Waals surface area contributed by atoms with Gasteiger partial charge in [-0.25, -0.2) is 12.7 Å². The topological polar surface area (TPSA) is 149 Å². The number of hydrogen-bond donors (Lipinski definition) is 1. The minimum absolute atomic E-state index is 0.114. The Bertz CT molecular complexity index is 1480. The van der Waals surface area contributed by atoms with E-state index in [1.54, 1.807) is 12.1 Å². The van der Waals surface area contributed by atoms with Crippen molar-refractivity contribution < 1.29 is 37.5 Å². The summed E-state index contributed by atoms with van der Waals surface area (Å²) in [5.74, 6) is 0.693. The summed E-state index contributed by atoms with van der Waals surface area (Å²) in [6, 6.07) is 15.0. The highest BCUT2D eigenvalue weighted by Crippen LogP contribution is 2.32. The van der Waals surface area contributed by atoms with Crippen LogP contribution in [-0.4, -0.2) is 75.9 Å². The van der Waals surface area contributed by atoms with Crippen LogP contribution in [0.5, 0.6) is 23.0 Å². The molecule has 13 heteroatoms. The van der Waals surface area contributed by atoms with Crippen molar-refractivity contribution >= 4 is 27.3 Å². The second-order valence-electron chi connectivity index (χ2n) is 9.07. The number of non-ortho nitro benzene ring substituents is 1. The summed E-state index contributed by atoms with van der Waals surface area (Å²) in [6.45, 7) is 0.454. The van der Waals surface area contributed by atoms with Crippen molar-refractivity contribution in [1.82, 2.24) is 4.31 Å². The van der Waals surface area contributed by atoms with Crippen LogP contribution in [0.4, 0.5) is 11.4 Å². The lowest BCUT2D eigenvalue weighted by molar-refractivity contribution is -0.384. The van der Waals surface area contributed by atoms with Gasteiger partial charge in [-0.2, -0.15) is 0 Å². The van der Waals surface area contributed by atoms with Gasteiger partial charge in [0, 0.05) is 49.1 Å². The highest BCUT2D eigenvalue weighted by atomic mass is 32.2. The minimum atomic E-state index is -3.57. The molecule has 12 nitrogen and oxygen atoms in total. The number of sulfonamides is 1. The number of carbonyl (C=O) groups is 1. The Hall–Kier alpha value is -4.36. The van der Waals surface area contributed by atoms with Crippen LogP contribution >= 0.6 is 0 Å². The predicted octanol–water partition coefficient (Wildman–Crippen LogP) is 3.87. The number of nitro groups is 1. The zero-order valence-electron chi connectivity index (χ0n) is 23.3. The number of methoxy groups -OCH3 is 3. The molecule has 1 N–H and O–H groups in total. The van der Waals surface area contributed by atoms with E-state index in [-0.39, 0.29) is 48.8 Å². The van der Waals surface area contributed by atoms with Crippen LogP contribution in [-0.2, 0) is 16.4 Å². The van der Waals surface area contributed by atoms with E-state index in [0.29, 0.717) is 23.6 Å². The molecule has 0 aliphatic carbocycles. The van der Waals surface area contributed by atoms with Gasteiger partial charge in [0.25, 0.3) is 11.6 Å². The quantitative estimate of drug-likeness (QED) is 0.219. The molecular weight excluding hydrogens is 554 g/mol. The van der Waals surface area contributed by atoms with Crippen LogP contribution < -0.4 is 19.1 Å². The van der Waals surface area contributed by atoms with Crippen LogP contribution in [0.2, 0.25) is 0 Å². The first-order chi connectivity index (χ1) is 19.5. The molecule has 0 fully saturated rings. The molecule has 0 radical (unpaired) electrons. The summed E-state index contributed by atoms with van der Waals surface area (Å²) < 4.78 is 42.3. The van der Waals surface area contributed by atoms with Crippen molar-refractivity contribution in [3.8, 4) is 23.0 Å². The molecule has 3 aromatic carbocycles. The molecule has 0 saturated heterocycles. The van der Waals surface area contributed by atoms with Gasteiger partial charge < -0.3 is 24.2 Å². The average Bonchev–Trinajstić information content (AvgIpc) is 2.96. The number of benzene rings is 3. The fraction of sp³-hybridized carbons (Fsp3) is 0.321. The smallest absolute Gasteiger partial charge is 0.269 e. The van der Waals surface area contributed by atoms with Gasteiger partial charge in [-0.05, 0) is 54.8 Å². The molecule has 0 bridgehead atoms. The van der Waals surface area contributed by atoms with E-state index in [1.807, 2.05) is 6.07 Å². The van der Waals surface area contributed by atoms with Crippen LogP contribution in [0.3, 0.4) is 0 Å². The summed E-state index contributed by atoms with van der Waals surface area (Å²) >= 11 is 0. The number of aromatic hydroxyl groups is 1. The number of anilines is 1. The first-order valence-corrected chi connectivity index (χ1v) is 14.4. The van der Waals surface area contributed by atoms with Gasteiger partial charge in [-0.15, -0.1) is 0 Å². The third kappa shape index (κ3) is 8.08. The molecule has 0 aliphatic heterocycles. The Kier molecular flexibility index (Phi) is 10.5. The van der Waals surface area contributed by atoms with Crippen LogP contribution in [0.25, 0.3) is 0 Å². The molecular formula is C28H33N3O9S. The van der Waals surface area contributed by atoms with Gasteiger partial charge >= 0.3 is 0 Å². The number of hydrogen-bond acceptors (Lipinski definition) is 9. The molecule has 220 valence electrons.